The summed E-state index contributed by atoms with van der Waals surface area (Å²) in [6.07, 6.45) is 1.15. The SMILES string of the molecule is CCc1ccc(N2C[C@@H](C(=O)Oc3cc(C)cc(C)c3)CC2=O)cc1. The number of aryl methyl sites for hydroxylation is 3. The van der Waals surface area contributed by atoms with Gasteiger partial charge in [0.2, 0.25) is 5.91 Å². The summed E-state index contributed by atoms with van der Waals surface area (Å²) >= 11 is 0. The van der Waals surface area contributed by atoms with Gasteiger partial charge in [-0.15, -0.1) is 0 Å². The Labute approximate surface area is 148 Å². The minimum Gasteiger partial charge on any atom is -0.426 e. The number of esters is 1. The molecule has 4 nitrogen and oxygen atoms in total. The van der Waals surface area contributed by atoms with Crippen molar-refractivity contribution < 1.29 is 14.3 Å². The standard InChI is InChI=1S/C21H23NO3/c1-4-16-5-7-18(8-6-16)22-13-17(12-20(22)23)21(24)25-19-10-14(2)9-15(3)11-19/h5-11,17H,4,12-13H2,1-3H3/t17-/m0/s1. The lowest BCUT2D eigenvalue weighted by atomic mass is 10.1. The van der Waals surface area contributed by atoms with Gasteiger partial charge in [0.25, 0.3) is 0 Å². The van der Waals surface area contributed by atoms with Crippen molar-refractivity contribution in [2.24, 2.45) is 5.92 Å². The van der Waals surface area contributed by atoms with Gasteiger partial charge in [0, 0.05) is 18.7 Å². The van der Waals surface area contributed by atoms with E-state index < -0.39 is 5.92 Å². The number of hydrogen-bond acceptors (Lipinski definition) is 3. The summed E-state index contributed by atoms with van der Waals surface area (Å²) in [4.78, 5) is 26.5. The molecular formula is C21H23NO3. The maximum Gasteiger partial charge on any atom is 0.316 e. The molecular weight excluding hydrogens is 314 g/mol. The number of benzene rings is 2. The van der Waals surface area contributed by atoms with Crippen molar-refractivity contribution in [1.82, 2.24) is 0 Å². The largest absolute Gasteiger partial charge is 0.426 e. The average molecular weight is 337 g/mol. The third-order valence-electron chi connectivity index (χ3n) is 4.53. The van der Waals surface area contributed by atoms with Crippen LogP contribution in [0.3, 0.4) is 0 Å². The average Bonchev–Trinajstić information content (AvgIpc) is 2.96. The number of nitrogens with zero attached hydrogens (tertiary/aromatic N) is 1. The Morgan fingerprint density at radius 3 is 2.36 bits per heavy atom. The van der Waals surface area contributed by atoms with Crippen LogP contribution in [-0.2, 0) is 16.0 Å². The van der Waals surface area contributed by atoms with Crippen molar-refractivity contribution >= 4 is 17.6 Å². The molecule has 2 aromatic rings. The van der Waals surface area contributed by atoms with Crippen LogP contribution in [0.5, 0.6) is 5.75 Å². The van der Waals surface area contributed by atoms with Gasteiger partial charge in [0.1, 0.15) is 5.75 Å². The van der Waals surface area contributed by atoms with Gasteiger partial charge in [-0.25, -0.2) is 0 Å². The van der Waals surface area contributed by atoms with Crippen molar-refractivity contribution in [3.63, 3.8) is 0 Å². The number of carbonyl (C=O) groups excluding carboxylic acids is 2. The van der Waals surface area contributed by atoms with Crippen LogP contribution in [0, 0.1) is 19.8 Å². The zero-order valence-corrected chi connectivity index (χ0v) is 14.9. The van der Waals surface area contributed by atoms with E-state index >= 15 is 0 Å². The third-order valence-corrected chi connectivity index (χ3v) is 4.53. The van der Waals surface area contributed by atoms with Gasteiger partial charge in [-0.05, 0) is 61.2 Å². The molecule has 0 saturated carbocycles. The molecule has 0 aliphatic carbocycles. The molecule has 4 heteroatoms. The maximum absolute atomic E-state index is 12.5. The molecule has 1 heterocycles. The van der Waals surface area contributed by atoms with Gasteiger partial charge in [-0.1, -0.05) is 25.1 Å². The molecule has 0 aromatic heterocycles. The lowest BCUT2D eigenvalue weighted by Gasteiger charge is -2.17. The number of anilines is 1. The molecule has 0 spiro atoms. The summed E-state index contributed by atoms with van der Waals surface area (Å²) in [6, 6.07) is 13.6. The summed E-state index contributed by atoms with van der Waals surface area (Å²) in [5, 5.41) is 0. The predicted octanol–water partition coefficient (Wildman–Crippen LogP) is 3.82. The third kappa shape index (κ3) is 3.90. The van der Waals surface area contributed by atoms with E-state index in [2.05, 4.69) is 6.92 Å². The second-order valence-electron chi connectivity index (χ2n) is 6.67. The molecule has 1 aliphatic heterocycles. The van der Waals surface area contributed by atoms with E-state index in [4.69, 9.17) is 4.74 Å². The summed E-state index contributed by atoms with van der Waals surface area (Å²) in [5.41, 5.74) is 4.15. The number of hydrogen-bond donors (Lipinski definition) is 0. The highest BCUT2D eigenvalue weighted by Gasteiger charge is 2.36. The summed E-state index contributed by atoms with van der Waals surface area (Å²) in [5.74, 6) is -0.266. The van der Waals surface area contributed by atoms with E-state index in [9.17, 15) is 9.59 Å². The van der Waals surface area contributed by atoms with E-state index in [0.717, 1.165) is 23.2 Å². The highest BCUT2D eigenvalue weighted by atomic mass is 16.5. The molecule has 1 saturated heterocycles. The summed E-state index contributed by atoms with van der Waals surface area (Å²) in [7, 11) is 0. The minimum atomic E-state index is -0.431. The van der Waals surface area contributed by atoms with Gasteiger partial charge >= 0.3 is 5.97 Å². The molecule has 0 unspecified atom stereocenters. The fourth-order valence-electron chi connectivity index (χ4n) is 3.22. The fraction of sp³-hybridized carbons (Fsp3) is 0.333. The van der Waals surface area contributed by atoms with Crippen molar-refractivity contribution in [3.05, 3.63) is 59.2 Å². The van der Waals surface area contributed by atoms with Crippen LogP contribution in [-0.4, -0.2) is 18.4 Å². The lowest BCUT2D eigenvalue weighted by Crippen LogP contribution is -2.27. The van der Waals surface area contributed by atoms with Crippen molar-refractivity contribution in [2.75, 3.05) is 11.4 Å². The molecule has 0 radical (unpaired) electrons. The van der Waals surface area contributed by atoms with Gasteiger partial charge in [-0.2, -0.15) is 0 Å². The molecule has 1 atom stereocenters. The van der Waals surface area contributed by atoms with Crippen molar-refractivity contribution in [3.8, 4) is 5.75 Å². The Kier molecular flexibility index (Phi) is 4.88. The Hall–Kier alpha value is -2.62. The maximum atomic E-state index is 12.5. The molecule has 1 aliphatic rings. The first-order chi connectivity index (χ1) is 12.0. The normalized spacial score (nSPS) is 17.0. The number of amides is 1. The van der Waals surface area contributed by atoms with E-state index in [1.54, 1.807) is 4.90 Å². The van der Waals surface area contributed by atoms with Crippen LogP contribution in [0.15, 0.2) is 42.5 Å². The predicted molar refractivity (Wildman–Crippen MR) is 97.8 cm³/mol. The van der Waals surface area contributed by atoms with Crippen LogP contribution < -0.4 is 9.64 Å². The second kappa shape index (κ2) is 7.09. The topological polar surface area (TPSA) is 46.6 Å². The number of ether oxygens (including phenoxy) is 1. The lowest BCUT2D eigenvalue weighted by molar-refractivity contribution is -0.139. The Balaban J connectivity index is 1.69. The monoisotopic (exact) mass is 337 g/mol. The van der Waals surface area contributed by atoms with E-state index in [-0.39, 0.29) is 18.3 Å². The number of carbonyl (C=O) groups is 2. The van der Waals surface area contributed by atoms with Gasteiger partial charge in [0.05, 0.1) is 5.92 Å². The molecule has 0 N–H and O–H groups in total. The molecule has 130 valence electrons. The molecule has 1 amide bonds. The van der Waals surface area contributed by atoms with E-state index in [1.807, 2.05) is 56.3 Å². The number of rotatable bonds is 4. The van der Waals surface area contributed by atoms with Crippen molar-refractivity contribution in [1.29, 1.82) is 0 Å². The minimum absolute atomic E-state index is 0.0355. The molecule has 0 bridgehead atoms. The second-order valence-corrected chi connectivity index (χ2v) is 6.67. The first kappa shape index (κ1) is 17.2. The van der Waals surface area contributed by atoms with Crippen LogP contribution >= 0.6 is 0 Å². The van der Waals surface area contributed by atoms with Gasteiger partial charge in [-0.3, -0.25) is 9.59 Å². The molecule has 1 fully saturated rings. The van der Waals surface area contributed by atoms with Gasteiger partial charge in [0.15, 0.2) is 0 Å². The zero-order chi connectivity index (χ0) is 18.0. The van der Waals surface area contributed by atoms with Crippen molar-refractivity contribution in [2.45, 2.75) is 33.6 Å². The van der Waals surface area contributed by atoms with Crippen LogP contribution in [0.4, 0.5) is 5.69 Å². The highest BCUT2D eigenvalue weighted by Crippen LogP contribution is 2.27. The highest BCUT2D eigenvalue weighted by molar-refractivity contribution is 5.99. The summed E-state index contributed by atoms with van der Waals surface area (Å²) in [6.45, 7) is 6.39. The van der Waals surface area contributed by atoms with E-state index in [0.29, 0.717) is 12.3 Å². The Bertz CT molecular complexity index is 775. The smallest absolute Gasteiger partial charge is 0.316 e. The van der Waals surface area contributed by atoms with Gasteiger partial charge < -0.3 is 9.64 Å². The van der Waals surface area contributed by atoms with Crippen LogP contribution in [0.2, 0.25) is 0 Å². The zero-order valence-electron chi connectivity index (χ0n) is 14.9. The Morgan fingerprint density at radius 2 is 1.76 bits per heavy atom. The first-order valence-corrected chi connectivity index (χ1v) is 8.65. The van der Waals surface area contributed by atoms with Crippen LogP contribution in [0.1, 0.15) is 30.0 Å². The summed E-state index contributed by atoms with van der Waals surface area (Å²) < 4.78 is 5.51. The first-order valence-electron chi connectivity index (χ1n) is 8.65. The fourth-order valence-corrected chi connectivity index (χ4v) is 3.22. The quantitative estimate of drug-likeness (QED) is 0.629. The Morgan fingerprint density at radius 1 is 1.12 bits per heavy atom. The molecule has 25 heavy (non-hydrogen) atoms. The molecule has 2 aromatic carbocycles. The van der Waals surface area contributed by atoms with E-state index in [1.165, 1.54) is 5.56 Å². The van der Waals surface area contributed by atoms with Crippen LogP contribution in [0.25, 0.3) is 0 Å². The molecule has 3 rings (SSSR count).